The number of anilines is 3. The second-order valence-electron chi connectivity index (χ2n) is 19.5. The third-order valence-electron chi connectivity index (χ3n) is 15.8. The topological polar surface area (TPSA) is 3.24 Å². The average molecular weight is 928 g/mol. The lowest BCUT2D eigenvalue weighted by molar-refractivity contribution is 0.768. The highest BCUT2D eigenvalue weighted by molar-refractivity contribution is 5.93. The minimum atomic E-state index is -0.475. The molecule has 0 bridgehead atoms. The molecule has 0 radical (unpaired) electrons. The summed E-state index contributed by atoms with van der Waals surface area (Å²) in [6, 6.07) is 110. The van der Waals surface area contributed by atoms with Crippen molar-refractivity contribution in [3.05, 3.63) is 342 Å². The standard InChI is InChI=1S/C72H49N/c1-5-21-56(22-6-1)71(57-23-7-2-8-24-57)68-32-18-16-30-64(68)66-49-62(44-46-69(66)71)73(60-40-35-51(36-41-60)54-34-33-50-19-13-14-20-53(50)47-54)61-42-37-52(38-43-61)55-39-45-65-63-29-15-17-31-67(63)72(70(65)48-55,58-25-9-3-10-26-58)59-27-11-4-12-28-59/h1-49H. The largest absolute Gasteiger partial charge is 0.310 e. The first kappa shape index (κ1) is 42.6. The van der Waals surface area contributed by atoms with E-state index in [-0.39, 0.29) is 0 Å². The summed E-state index contributed by atoms with van der Waals surface area (Å²) >= 11 is 0. The second-order valence-corrected chi connectivity index (χ2v) is 19.5. The van der Waals surface area contributed by atoms with Gasteiger partial charge in [0.2, 0.25) is 0 Å². The predicted octanol–water partition coefficient (Wildman–Crippen LogP) is 18.4. The molecule has 0 atom stereocenters. The van der Waals surface area contributed by atoms with Gasteiger partial charge in [0.25, 0.3) is 0 Å². The van der Waals surface area contributed by atoms with Crippen molar-refractivity contribution in [1.29, 1.82) is 0 Å². The Morgan fingerprint density at radius 3 is 1.11 bits per heavy atom. The monoisotopic (exact) mass is 927 g/mol. The lowest BCUT2D eigenvalue weighted by atomic mass is 9.67. The summed E-state index contributed by atoms with van der Waals surface area (Å²) in [6.07, 6.45) is 0. The van der Waals surface area contributed by atoms with Crippen LogP contribution in [0.15, 0.2) is 297 Å². The molecule has 12 aromatic carbocycles. The Bertz CT molecular complexity index is 3910. The smallest absolute Gasteiger partial charge is 0.0713 e. The Kier molecular flexibility index (Phi) is 10.0. The highest BCUT2D eigenvalue weighted by Crippen LogP contribution is 2.59. The van der Waals surface area contributed by atoms with Crippen molar-refractivity contribution in [1.82, 2.24) is 0 Å². The first-order chi connectivity index (χ1) is 36.2. The molecule has 0 unspecified atom stereocenters. The molecule has 0 saturated carbocycles. The predicted molar refractivity (Wildman–Crippen MR) is 304 cm³/mol. The maximum atomic E-state index is 2.46. The van der Waals surface area contributed by atoms with Crippen molar-refractivity contribution in [2.24, 2.45) is 0 Å². The maximum Gasteiger partial charge on any atom is 0.0713 e. The fraction of sp³-hybridized carbons (Fsp3) is 0.0278. The van der Waals surface area contributed by atoms with Crippen LogP contribution in [0.1, 0.15) is 44.5 Å². The molecule has 0 aliphatic heterocycles. The third kappa shape index (κ3) is 6.63. The minimum Gasteiger partial charge on any atom is -0.310 e. The van der Waals surface area contributed by atoms with Gasteiger partial charge in [0.05, 0.1) is 10.8 Å². The van der Waals surface area contributed by atoms with E-state index >= 15 is 0 Å². The molecular formula is C72H49N. The number of fused-ring (bicyclic) bond motifs is 7. The molecule has 73 heavy (non-hydrogen) atoms. The summed E-state index contributed by atoms with van der Waals surface area (Å²) < 4.78 is 0. The molecule has 2 aliphatic rings. The summed E-state index contributed by atoms with van der Waals surface area (Å²) in [5.74, 6) is 0. The van der Waals surface area contributed by atoms with Crippen LogP contribution in [-0.4, -0.2) is 0 Å². The second kappa shape index (κ2) is 17.2. The Hall–Kier alpha value is -9.30. The molecule has 0 aromatic heterocycles. The van der Waals surface area contributed by atoms with E-state index < -0.39 is 10.8 Å². The number of nitrogens with zero attached hydrogens (tertiary/aromatic N) is 1. The molecule has 1 nitrogen and oxygen atoms in total. The van der Waals surface area contributed by atoms with E-state index in [2.05, 4.69) is 302 Å². The van der Waals surface area contributed by atoms with E-state index in [1.807, 2.05) is 0 Å². The van der Waals surface area contributed by atoms with Gasteiger partial charge in [-0.25, -0.2) is 0 Å². The maximum absolute atomic E-state index is 2.46. The Morgan fingerprint density at radius 1 is 0.205 bits per heavy atom. The Balaban J connectivity index is 0.917. The van der Waals surface area contributed by atoms with Gasteiger partial charge in [-0.3, -0.25) is 0 Å². The summed E-state index contributed by atoms with van der Waals surface area (Å²) in [7, 11) is 0. The number of hydrogen-bond donors (Lipinski definition) is 0. The molecule has 0 N–H and O–H groups in total. The zero-order valence-electron chi connectivity index (χ0n) is 40.2. The van der Waals surface area contributed by atoms with E-state index in [0.717, 1.165) is 17.1 Å². The fourth-order valence-electron chi connectivity index (χ4n) is 12.6. The molecule has 14 rings (SSSR count). The van der Waals surface area contributed by atoms with Gasteiger partial charge >= 0.3 is 0 Å². The molecule has 0 amide bonds. The molecule has 12 aromatic rings. The summed E-state index contributed by atoms with van der Waals surface area (Å²) in [5.41, 5.74) is 22.4. The first-order valence-corrected chi connectivity index (χ1v) is 25.4. The van der Waals surface area contributed by atoms with Crippen LogP contribution in [-0.2, 0) is 10.8 Å². The molecule has 0 heterocycles. The van der Waals surface area contributed by atoms with E-state index in [4.69, 9.17) is 0 Å². The molecule has 0 saturated heterocycles. The summed E-state index contributed by atoms with van der Waals surface area (Å²) in [6.45, 7) is 0. The van der Waals surface area contributed by atoms with Crippen LogP contribution in [0.5, 0.6) is 0 Å². The summed E-state index contributed by atoms with van der Waals surface area (Å²) in [4.78, 5) is 2.43. The van der Waals surface area contributed by atoms with Gasteiger partial charge in [0.1, 0.15) is 0 Å². The van der Waals surface area contributed by atoms with Crippen LogP contribution in [0.4, 0.5) is 17.1 Å². The molecule has 0 fully saturated rings. The number of rotatable bonds is 9. The van der Waals surface area contributed by atoms with Gasteiger partial charge in [-0.1, -0.05) is 249 Å². The van der Waals surface area contributed by atoms with Crippen LogP contribution in [0.3, 0.4) is 0 Å². The zero-order valence-corrected chi connectivity index (χ0v) is 40.2. The van der Waals surface area contributed by atoms with Crippen molar-refractivity contribution in [2.75, 3.05) is 4.90 Å². The first-order valence-electron chi connectivity index (χ1n) is 25.4. The lowest BCUT2D eigenvalue weighted by Gasteiger charge is -2.34. The van der Waals surface area contributed by atoms with Crippen LogP contribution in [0, 0.1) is 0 Å². The molecule has 1 heteroatoms. The molecular weight excluding hydrogens is 879 g/mol. The Labute approximate surface area is 427 Å². The van der Waals surface area contributed by atoms with Gasteiger partial charge in [-0.15, -0.1) is 0 Å². The zero-order chi connectivity index (χ0) is 48.3. The number of benzene rings is 12. The Morgan fingerprint density at radius 2 is 0.575 bits per heavy atom. The molecule has 2 aliphatic carbocycles. The van der Waals surface area contributed by atoms with Crippen molar-refractivity contribution < 1.29 is 0 Å². The van der Waals surface area contributed by atoms with Crippen LogP contribution in [0.2, 0.25) is 0 Å². The molecule has 342 valence electrons. The van der Waals surface area contributed by atoms with Crippen molar-refractivity contribution >= 4 is 27.8 Å². The fourth-order valence-corrected chi connectivity index (χ4v) is 12.6. The van der Waals surface area contributed by atoms with Gasteiger partial charge in [0, 0.05) is 17.1 Å². The highest BCUT2D eigenvalue weighted by atomic mass is 15.1. The minimum absolute atomic E-state index is 0.467. The normalized spacial score (nSPS) is 13.4. The van der Waals surface area contributed by atoms with Gasteiger partial charge in [-0.2, -0.15) is 0 Å². The highest BCUT2D eigenvalue weighted by Gasteiger charge is 2.47. The third-order valence-corrected chi connectivity index (χ3v) is 15.8. The van der Waals surface area contributed by atoms with Gasteiger partial charge < -0.3 is 4.90 Å². The van der Waals surface area contributed by atoms with Crippen molar-refractivity contribution in [3.8, 4) is 44.5 Å². The number of hydrogen-bond acceptors (Lipinski definition) is 1. The van der Waals surface area contributed by atoms with Gasteiger partial charge in [0.15, 0.2) is 0 Å². The SMILES string of the molecule is c1ccc(C2(c3ccccc3)c3ccccc3-c3cc(N(c4ccc(-c5ccc6c(c5)C(c5ccccc5)(c5ccccc5)c5ccccc5-6)cc4)c4ccc(-c5ccc6ccccc6c5)cc4)ccc32)cc1. The van der Waals surface area contributed by atoms with Crippen molar-refractivity contribution in [2.45, 2.75) is 10.8 Å². The quantitative estimate of drug-likeness (QED) is 0.139. The van der Waals surface area contributed by atoms with Crippen molar-refractivity contribution in [3.63, 3.8) is 0 Å². The lowest BCUT2D eigenvalue weighted by Crippen LogP contribution is -2.28. The van der Waals surface area contributed by atoms with E-state index in [1.165, 1.54) is 99.8 Å². The van der Waals surface area contributed by atoms with Crippen LogP contribution < -0.4 is 4.90 Å². The van der Waals surface area contributed by atoms with Crippen LogP contribution >= 0.6 is 0 Å². The molecule has 0 spiro atoms. The van der Waals surface area contributed by atoms with E-state index in [1.54, 1.807) is 0 Å². The van der Waals surface area contributed by atoms with Gasteiger partial charge in [-0.05, 0) is 148 Å². The van der Waals surface area contributed by atoms with E-state index in [9.17, 15) is 0 Å². The average Bonchev–Trinajstić information content (AvgIpc) is 4.00. The van der Waals surface area contributed by atoms with E-state index in [0.29, 0.717) is 0 Å². The van der Waals surface area contributed by atoms with Crippen LogP contribution in [0.25, 0.3) is 55.3 Å². The summed E-state index contributed by atoms with van der Waals surface area (Å²) in [5, 5.41) is 2.49.